The summed E-state index contributed by atoms with van der Waals surface area (Å²) in [4.78, 5) is 12.5. The fourth-order valence-corrected chi connectivity index (χ4v) is 3.25. The van der Waals surface area contributed by atoms with Crippen LogP contribution in [0.2, 0.25) is 0 Å². The topological polar surface area (TPSA) is 41.1 Å². The molecular formula is C17H24ClFN2O. The summed E-state index contributed by atoms with van der Waals surface area (Å²) in [6.45, 7) is 1.67. The number of rotatable bonds is 4. The minimum atomic E-state index is -0.615. The highest BCUT2D eigenvalue weighted by Gasteiger charge is 2.52. The lowest BCUT2D eigenvalue weighted by Gasteiger charge is -2.20. The second kappa shape index (κ2) is 7.42. The van der Waals surface area contributed by atoms with Crippen molar-refractivity contribution < 1.29 is 9.18 Å². The van der Waals surface area contributed by atoms with Crippen molar-refractivity contribution in [1.29, 1.82) is 0 Å². The summed E-state index contributed by atoms with van der Waals surface area (Å²) in [5.74, 6) is -0.281. The van der Waals surface area contributed by atoms with Gasteiger partial charge in [-0.3, -0.25) is 4.79 Å². The van der Waals surface area contributed by atoms with E-state index in [-0.39, 0.29) is 24.1 Å². The van der Waals surface area contributed by atoms with Crippen LogP contribution in [0.4, 0.5) is 4.39 Å². The molecule has 1 aliphatic heterocycles. The Kier molecular flexibility index (Phi) is 5.81. The maximum Gasteiger partial charge on any atom is 0.230 e. The van der Waals surface area contributed by atoms with Crippen LogP contribution in [-0.2, 0) is 10.2 Å². The third kappa shape index (κ3) is 3.61. The summed E-state index contributed by atoms with van der Waals surface area (Å²) >= 11 is 0. The Morgan fingerprint density at radius 3 is 2.77 bits per heavy atom. The summed E-state index contributed by atoms with van der Waals surface area (Å²) in [5, 5.41) is 6.51. The number of benzene rings is 1. The van der Waals surface area contributed by atoms with E-state index in [0.29, 0.717) is 18.2 Å². The first-order chi connectivity index (χ1) is 10.2. The third-order valence-corrected chi connectivity index (χ3v) is 4.75. The fraction of sp³-hybridized carbons (Fsp3) is 0.588. The first-order valence-electron chi connectivity index (χ1n) is 7.99. The second-order valence-electron chi connectivity index (χ2n) is 6.27. The number of carbonyl (C=O) groups is 1. The van der Waals surface area contributed by atoms with Gasteiger partial charge in [0.05, 0.1) is 5.41 Å². The Morgan fingerprint density at radius 2 is 2.05 bits per heavy atom. The zero-order valence-corrected chi connectivity index (χ0v) is 13.6. The first-order valence-corrected chi connectivity index (χ1v) is 7.99. The molecule has 1 aromatic rings. The molecule has 1 amide bonds. The molecule has 1 saturated carbocycles. The fourth-order valence-electron chi connectivity index (χ4n) is 3.25. The lowest BCUT2D eigenvalue weighted by Crippen LogP contribution is -2.44. The smallest absolute Gasteiger partial charge is 0.230 e. The van der Waals surface area contributed by atoms with Crippen molar-refractivity contribution in [2.45, 2.75) is 50.0 Å². The lowest BCUT2D eigenvalue weighted by molar-refractivity contribution is -0.123. The standard InChI is InChI=1S/C17H23FN2O.ClH/c18-15-8-4-3-7-14(15)17(9-10-17)16(21)20-12-13-6-2-1-5-11-19-13;/h3-4,7-8,13,19H,1-2,5-6,9-12H2,(H,20,21);1H. The average molecular weight is 327 g/mol. The van der Waals surface area contributed by atoms with Gasteiger partial charge in [0.25, 0.3) is 0 Å². The Labute approximate surface area is 137 Å². The molecule has 0 spiro atoms. The molecule has 1 unspecified atom stereocenters. The van der Waals surface area contributed by atoms with E-state index in [2.05, 4.69) is 10.6 Å². The van der Waals surface area contributed by atoms with Gasteiger partial charge in [-0.25, -0.2) is 4.39 Å². The first kappa shape index (κ1) is 17.2. The predicted molar refractivity (Wildman–Crippen MR) is 87.8 cm³/mol. The Hall–Kier alpha value is -1.13. The Morgan fingerprint density at radius 1 is 1.27 bits per heavy atom. The molecule has 1 heterocycles. The van der Waals surface area contributed by atoms with Crippen LogP contribution in [0, 0.1) is 5.82 Å². The van der Waals surface area contributed by atoms with Crippen LogP contribution < -0.4 is 10.6 Å². The largest absolute Gasteiger partial charge is 0.354 e. The van der Waals surface area contributed by atoms with Crippen molar-refractivity contribution in [3.63, 3.8) is 0 Å². The van der Waals surface area contributed by atoms with Crippen LogP contribution in [0.3, 0.4) is 0 Å². The van der Waals surface area contributed by atoms with Gasteiger partial charge in [0.2, 0.25) is 5.91 Å². The summed E-state index contributed by atoms with van der Waals surface area (Å²) in [5.41, 5.74) is -0.0629. The van der Waals surface area contributed by atoms with E-state index in [4.69, 9.17) is 0 Å². The van der Waals surface area contributed by atoms with E-state index in [1.807, 2.05) is 0 Å². The summed E-state index contributed by atoms with van der Waals surface area (Å²) in [7, 11) is 0. The number of amides is 1. The van der Waals surface area contributed by atoms with Gasteiger partial charge in [-0.1, -0.05) is 31.0 Å². The molecule has 1 aliphatic carbocycles. The molecule has 1 atom stereocenters. The van der Waals surface area contributed by atoms with E-state index >= 15 is 0 Å². The monoisotopic (exact) mass is 326 g/mol. The molecule has 5 heteroatoms. The highest BCUT2D eigenvalue weighted by atomic mass is 35.5. The van der Waals surface area contributed by atoms with Crippen molar-refractivity contribution in [2.24, 2.45) is 0 Å². The van der Waals surface area contributed by atoms with Gasteiger partial charge in [0, 0.05) is 18.2 Å². The minimum Gasteiger partial charge on any atom is -0.354 e. The van der Waals surface area contributed by atoms with Crippen molar-refractivity contribution in [3.8, 4) is 0 Å². The zero-order chi connectivity index (χ0) is 14.7. The highest BCUT2D eigenvalue weighted by molar-refractivity contribution is 5.91. The number of nitrogens with one attached hydrogen (secondary N) is 2. The van der Waals surface area contributed by atoms with Gasteiger partial charge in [0.15, 0.2) is 0 Å². The molecule has 2 N–H and O–H groups in total. The molecule has 3 rings (SSSR count). The number of hydrogen-bond donors (Lipinski definition) is 2. The van der Waals surface area contributed by atoms with E-state index < -0.39 is 5.41 Å². The van der Waals surface area contributed by atoms with Gasteiger partial charge in [-0.2, -0.15) is 0 Å². The highest BCUT2D eigenvalue weighted by Crippen LogP contribution is 2.49. The quantitative estimate of drug-likeness (QED) is 0.893. The summed E-state index contributed by atoms with van der Waals surface area (Å²) in [6.07, 6.45) is 6.29. The van der Waals surface area contributed by atoms with Crippen LogP contribution in [-0.4, -0.2) is 25.0 Å². The summed E-state index contributed by atoms with van der Waals surface area (Å²) in [6, 6.07) is 7.01. The number of carbonyl (C=O) groups excluding carboxylic acids is 1. The molecule has 2 fully saturated rings. The number of hydrogen-bond acceptors (Lipinski definition) is 2. The van der Waals surface area contributed by atoms with E-state index in [9.17, 15) is 9.18 Å². The van der Waals surface area contributed by atoms with Crippen LogP contribution in [0.15, 0.2) is 24.3 Å². The zero-order valence-electron chi connectivity index (χ0n) is 12.7. The second-order valence-corrected chi connectivity index (χ2v) is 6.27. The summed E-state index contributed by atoms with van der Waals surface area (Å²) < 4.78 is 13.9. The van der Waals surface area contributed by atoms with Gasteiger partial charge < -0.3 is 10.6 Å². The van der Waals surface area contributed by atoms with Gasteiger partial charge in [0.1, 0.15) is 5.82 Å². The molecular weight excluding hydrogens is 303 g/mol. The molecule has 1 aromatic carbocycles. The number of halogens is 2. The molecule has 3 nitrogen and oxygen atoms in total. The van der Waals surface area contributed by atoms with Crippen molar-refractivity contribution >= 4 is 18.3 Å². The molecule has 0 bridgehead atoms. The predicted octanol–water partition coefficient (Wildman–Crippen LogP) is 2.93. The SMILES string of the molecule is Cl.O=C(NCC1CCCCCN1)C1(c2ccccc2F)CC1. The molecule has 2 aliphatic rings. The molecule has 0 radical (unpaired) electrons. The van der Waals surface area contributed by atoms with E-state index in [1.54, 1.807) is 18.2 Å². The van der Waals surface area contributed by atoms with Crippen molar-refractivity contribution in [3.05, 3.63) is 35.6 Å². The van der Waals surface area contributed by atoms with E-state index in [0.717, 1.165) is 25.8 Å². The molecule has 1 saturated heterocycles. The maximum absolute atomic E-state index is 13.9. The minimum absolute atomic E-state index is 0. The van der Waals surface area contributed by atoms with Crippen LogP contribution in [0.5, 0.6) is 0 Å². The van der Waals surface area contributed by atoms with Crippen molar-refractivity contribution in [1.82, 2.24) is 10.6 Å². The van der Waals surface area contributed by atoms with Gasteiger partial charge >= 0.3 is 0 Å². The molecule has 122 valence electrons. The van der Waals surface area contributed by atoms with E-state index in [1.165, 1.54) is 25.3 Å². The van der Waals surface area contributed by atoms with Crippen LogP contribution in [0.1, 0.15) is 44.1 Å². The normalized spacial score (nSPS) is 23.0. The van der Waals surface area contributed by atoms with Crippen LogP contribution in [0.25, 0.3) is 0 Å². The third-order valence-electron chi connectivity index (χ3n) is 4.75. The van der Waals surface area contributed by atoms with Gasteiger partial charge in [-0.05, 0) is 38.3 Å². The molecule has 22 heavy (non-hydrogen) atoms. The maximum atomic E-state index is 13.9. The lowest BCUT2D eigenvalue weighted by atomic mass is 9.94. The Bertz CT molecular complexity index is 511. The molecule has 0 aromatic heterocycles. The average Bonchev–Trinajstić information content (AvgIpc) is 3.30. The van der Waals surface area contributed by atoms with Crippen LogP contribution >= 0.6 is 12.4 Å². The van der Waals surface area contributed by atoms with Gasteiger partial charge in [-0.15, -0.1) is 12.4 Å². The Balaban J connectivity index is 0.00000176. The van der Waals surface area contributed by atoms with Crippen molar-refractivity contribution in [2.75, 3.05) is 13.1 Å².